The molecule has 19 heavy (non-hydrogen) atoms. The summed E-state index contributed by atoms with van der Waals surface area (Å²) in [5.74, 6) is -0.725. The zero-order valence-electron chi connectivity index (χ0n) is 12.2. The van der Waals surface area contributed by atoms with Crippen molar-refractivity contribution >= 4 is 5.97 Å². The third-order valence-electron chi connectivity index (χ3n) is 3.28. The molecule has 0 atom stereocenters. The van der Waals surface area contributed by atoms with Gasteiger partial charge in [-0.15, -0.1) is 0 Å². The zero-order chi connectivity index (χ0) is 14.3. The quantitative estimate of drug-likeness (QED) is 0.821. The van der Waals surface area contributed by atoms with Gasteiger partial charge in [0.05, 0.1) is 6.42 Å². The molecule has 0 aromatic heterocycles. The lowest BCUT2D eigenvalue weighted by atomic mass is 10.0. The second-order valence-electron chi connectivity index (χ2n) is 5.89. The second-order valence-corrected chi connectivity index (χ2v) is 5.89. The van der Waals surface area contributed by atoms with Crippen LogP contribution in [0.4, 0.5) is 0 Å². The van der Waals surface area contributed by atoms with Crippen LogP contribution in [0.3, 0.4) is 0 Å². The minimum absolute atomic E-state index is 0.0200. The molecule has 0 saturated carbocycles. The van der Waals surface area contributed by atoms with Crippen LogP contribution >= 0.6 is 0 Å². The topological polar surface area (TPSA) is 40.5 Å². The van der Waals surface area contributed by atoms with Crippen LogP contribution in [0, 0.1) is 0 Å². The van der Waals surface area contributed by atoms with Crippen molar-refractivity contribution in [2.24, 2.45) is 0 Å². The molecule has 0 radical (unpaired) electrons. The first-order chi connectivity index (χ1) is 8.89. The van der Waals surface area contributed by atoms with E-state index < -0.39 is 5.97 Å². The average Bonchev–Trinajstić information content (AvgIpc) is 2.33. The smallest absolute Gasteiger partial charge is 0.304 e. The van der Waals surface area contributed by atoms with E-state index in [2.05, 4.69) is 49.9 Å². The van der Waals surface area contributed by atoms with Gasteiger partial charge >= 0.3 is 5.97 Å². The number of carboxylic acid groups (broad SMARTS) is 1. The molecule has 0 aliphatic carbocycles. The van der Waals surface area contributed by atoms with Crippen LogP contribution in [0.15, 0.2) is 30.3 Å². The van der Waals surface area contributed by atoms with Gasteiger partial charge in [0.1, 0.15) is 0 Å². The molecule has 1 rings (SSSR count). The summed E-state index contributed by atoms with van der Waals surface area (Å²) in [4.78, 5) is 13.0. The molecule has 0 saturated heterocycles. The highest BCUT2D eigenvalue weighted by Crippen LogP contribution is 2.15. The first-order valence-electron chi connectivity index (χ1n) is 6.90. The number of aryl methyl sites for hydroxylation is 1. The molecular formula is C16H25NO2. The number of aliphatic carboxylic acids is 1. The fraction of sp³-hybridized carbons (Fsp3) is 0.562. The summed E-state index contributed by atoms with van der Waals surface area (Å²) in [6, 6.07) is 10.4. The largest absolute Gasteiger partial charge is 0.481 e. The monoisotopic (exact) mass is 263 g/mol. The highest BCUT2D eigenvalue weighted by atomic mass is 16.4. The Balaban J connectivity index is 2.42. The molecule has 1 N–H and O–H groups in total. The van der Waals surface area contributed by atoms with Gasteiger partial charge in [0.2, 0.25) is 0 Å². The molecule has 0 fully saturated rings. The fourth-order valence-electron chi connectivity index (χ4n) is 2.13. The Hall–Kier alpha value is -1.35. The van der Waals surface area contributed by atoms with Crippen LogP contribution in [-0.2, 0) is 11.2 Å². The van der Waals surface area contributed by atoms with Gasteiger partial charge in [-0.1, -0.05) is 30.3 Å². The summed E-state index contributed by atoms with van der Waals surface area (Å²) in [5.41, 5.74) is 1.36. The lowest BCUT2D eigenvalue weighted by Crippen LogP contribution is -2.43. The molecule has 3 heteroatoms. The first-order valence-corrected chi connectivity index (χ1v) is 6.90. The number of nitrogens with zero attached hydrogens (tertiary/aromatic N) is 1. The van der Waals surface area contributed by atoms with E-state index in [-0.39, 0.29) is 12.0 Å². The van der Waals surface area contributed by atoms with Gasteiger partial charge in [-0.05, 0) is 45.7 Å². The predicted molar refractivity (Wildman–Crippen MR) is 78.3 cm³/mol. The summed E-state index contributed by atoms with van der Waals surface area (Å²) in [5, 5.41) is 8.80. The minimum Gasteiger partial charge on any atom is -0.481 e. The van der Waals surface area contributed by atoms with Crippen molar-refractivity contribution in [1.29, 1.82) is 0 Å². The summed E-state index contributed by atoms with van der Waals surface area (Å²) < 4.78 is 0. The van der Waals surface area contributed by atoms with E-state index >= 15 is 0 Å². The second kappa shape index (κ2) is 7.29. The highest BCUT2D eigenvalue weighted by molar-refractivity contribution is 5.66. The number of hydrogen-bond donors (Lipinski definition) is 1. The highest BCUT2D eigenvalue weighted by Gasteiger charge is 2.21. The Kier molecular flexibility index (Phi) is 6.03. The first kappa shape index (κ1) is 15.7. The molecule has 1 aromatic carbocycles. The van der Waals surface area contributed by atoms with E-state index in [0.717, 1.165) is 19.4 Å². The summed E-state index contributed by atoms with van der Waals surface area (Å²) in [6.07, 6.45) is 2.31. The SMILES string of the molecule is CC(C)(C)N(CCCc1ccccc1)CCC(=O)O. The summed E-state index contributed by atoms with van der Waals surface area (Å²) >= 11 is 0. The van der Waals surface area contributed by atoms with Gasteiger partial charge < -0.3 is 5.11 Å². The minimum atomic E-state index is -0.725. The van der Waals surface area contributed by atoms with Crippen LogP contribution in [0.1, 0.15) is 39.2 Å². The van der Waals surface area contributed by atoms with Crippen molar-refractivity contribution in [3.05, 3.63) is 35.9 Å². The van der Waals surface area contributed by atoms with Crippen LogP contribution in [0.5, 0.6) is 0 Å². The molecule has 1 aromatic rings. The van der Waals surface area contributed by atoms with Crippen molar-refractivity contribution in [3.8, 4) is 0 Å². The number of carboxylic acids is 1. The van der Waals surface area contributed by atoms with E-state index in [1.54, 1.807) is 0 Å². The molecule has 0 aliphatic rings. The number of benzene rings is 1. The molecule has 0 bridgehead atoms. The molecule has 0 amide bonds. The predicted octanol–water partition coefficient (Wildman–Crippen LogP) is 3.19. The maximum Gasteiger partial charge on any atom is 0.304 e. The van der Waals surface area contributed by atoms with Crippen molar-refractivity contribution in [2.75, 3.05) is 13.1 Å². The molecule has 0 unspecified atom stereocenters. The Labute approximate surface area is 116 Å². The van der Waals surface area contributed by atoms with Crippen LogP contribution in [0.25, 0.3) is 0 Å². The van der Waals surface area contributed by atoms with Crippen LogP contribution < -0.4 is 0 Å². The lowest BCUT2D eigenvalue weighted by molar-refractivity contribution is -0.137. The van der Waals surface area contributed by atoms with Crippen LogP contribution in [0.2, 0.25) is 0 Å². The normalized spacial score (nSPS) is 11.8. The summed E-state index contributed by atoms with van der Waals surface area (Å²) in [7, 11) is 0. The van der Waals surface area contributed by atoms with Gasteiger partial charge in [0.25, 0.3) is 0 Å². The van der Waals surface area contributed by atoms with Crippen molar-refractivity contribution in [2.45, 2.75) is 45.6 Å². The van der Waals surface area contributed by atoms with Gasteiger partial charge in [-0.2, -0.15) is 0 Å². The zero-order valence-corrected chi connectivity index (χ0v) is 12.2. The van der Waals surface area contributed by atoms with E-state index in [1.807, 2.05) is 6.07 Å². The van der Waals surface area contributed by atoms with E-state index in [0.29, 0.717) is 6.54 Å². The van der Waals surface area contributed by atoms with E-state index in [1.165, 1.54) is 5.56 Å². The van der Waals surface area contributed by atoms with E-state index in [4.69, 9.17) is 5.11 Å². The molecule has 106 valence electrons. The third-order valence-corrected chi connectivity index (χ3v) is 3.28. The Morgan fingerprint density at radius 2 is 1.79 bits per heavy atom. The van der Waals surface area contributed by atoms with Crippen LogP contribution in [-0.4, -0.2) is 34.6 Å². The van der Waals surface area contributed by atoms with Gasteiger partial charge in [0.15, 0.2) is 0 Å². The Morgan fingerprint density at radius 1 is 1.16 bits per heavy atom. The van der Waals surface area contributed by atoms with E-state index in [9.17, 15) is 4.79 Å². The lowest BCUT2D eigenvalue weighted by Gasteiger charge is -2.35. The summed E-state index contributed by atoms with van der Waals surface area (Å²) in [6.45, 7) is 7.96. The van der Waals surface area contributed by atoms with Crippen molar-refractivity contribution in [1.82, 2.24) is 4.90 Å². The molecule has 0 aliphatic heterocycles. The van der Waals surface area contributed by atoms with Crippen molar-refractivity contribution in [3.63, 3.8) is 0 Å². The number of hydrogen-bond acceptors (Lipinski definition) is 2. The third kappa shape index (κ3) is 6.39. The van der Waals surface area contributed by atoms with Crippen molar-refractivity contribution < 1.29 is 9.90 Å². The maximum atomic E-state index is 10.7. The van der Waals surface area contributed by atoms with Gasteiger partial charge in [-0.25, -0.2) is 0 Å². The molecule has 3 nitrogen and oxygen atoms in total. The molecule has 0 heterocycles. The fourth-order valence-corrected chi connectivity index (χ4v) is 2.13. The van der Waals surface area contributed by atoms with Gasteiger partial charge in [0, 0.05) is 12.1 Å². The van der Waals surface area contributed by atoms with Gasteiger partial charge in [-0.3, -0.25) is 9.69 Å². The molecular weight excluding hydrogens is 238 g/mol. The number of rotatable bonds is 7. The maximum absolute atomic E-state index is 10.7. The Bertz CT molecular complexity index is 381. The standard InChI is InChI=1S/C16H25NO2/c1-16(2,3)17(13-11-15(18)19)12-7-10-14-8-5-4-6-9-14/h4-6,8-9H,7,10-13H2,1-3H3,(H,18,19). The Morgan fingerprint density at radius 3 is 2.32 bits per heavy atom. The average molecular weight is 263 g/mol. The molecule has 0 spiro atoms. The number of carbonyl (C=O) groups is 1.